The number of nitrogens with one attached hydrogen (secondary N) is 1. The van der Waals surface area contributed by atoms with Crippen LogP contribution in [0.25, 0.3) is 11.0 Å². The largest absolute Gasteiger partial charge is 0.369 e. The van der Waals surface area contributed by atoms with Crippen molar-refractivity contribution in [3.63, 3.8) is 0 Å². The monoisotopic (exact) mass is 258 g/mol. The summed E-state index contributed by atoms with van der Waals surface area (Å²) in [6, 6.07) is 0. The zero-order valence-electron chi connectivity index (χ0n) is 10.8. The Morgan fingerprint density at radius 1 is 1.26 bits per heavy atom. The van der Waals surface area contributed by atoms with E-state index >= 15 is 0 Å². The van der Waals surface area contributed by atoms with Gasteiger partial charge in [-0.15, -0.1) is 10.2 Å². The first-order valence-electron chi connectivity index (χ1n) is 5.95. The van der Waals surface area contributed by atoms with Crippen LogP contribution in [0.3, 0.4) is 0 Å². The number of anilines is 1. The molecule has 3 aromatic heterocycles. The van der Waals surface area contributed by atoms with E-state index in [-0.39, 0.29) is 0 Å². The van der Waals surface area contributed by atoms with Crippen LogP contribution in [0.1, 0.15) is 5.82 Å². The van der Waals surface area contributed by atoms with Crippen LogP contribution in [0.4, 0.5) is 5.82 Å². The molecule has 3 rings (SSSR count). The van der Waals surface area contributed by atoms with Crippen LogP contribution in [0, 0.1) is 0 Å². The van der Waals surface area contributed by atoms with Gasteiger partial charge in [-0.25, -0.2) is 9.97 Å². The number of rotatable bonds is 4. The number of aromatic nitrogens is 7. The maximum absolute atomic E-state index is 4.24. The first-order chi connectivity index (χ1) is 9.25. The van der Waals surface area contributed by atoms with Gasteiger partial charge >= 0.3 is 0 Å². The molecule has 0 aromatic carbocycles. The molecular weight excluding hydrogens is 244 g/mol. The number of fused-ring (bicyclic) bond motifs is 1. The molecule has 1 N–H and O–H groups in total. The average molecular weight is 258 g/mol. The molecule has 3 heterocycles. The Hall–Kier alpha value is -2.51. The number of hydrogen-bond acceptors (Lipinski definition) is 6. The number of nitrogens with zero attached hydrogens (tertiary/aromatic N) is 7. The lowest BCUT2D eigenvalue weighted by Gasteiger charge is -2.05. The van der Waals surface area contributed by atoms with Crippen LogP contribution < -0.4 is 5.32 Å². The molecule has 0 fully saturated rings. The first kappa shape index (κ1) is 11.6. The summed E-state index contributed by atoms with van der Waals surface area (Å²) in [5.74, 6) is 1.73. The van der Waals surface area contributed by atoms with Gasteiger partial charge in [-0.2, -0.15) is 5.10 Å². The second kappa shape index (κ2) is 4.63. The zero-order valence-corrected chi connectivity index (χ0v) is 10.8. The molecule has 0 aliphatic rings. The van der Waals surface area contributed by atoms with Crippen LogP contribution >= 0.6 is 0 Å². The summed E-state index contributed by atoms with van der Waals surface area (Å²) in [5.41, 5.74) is 0.816. The Morgan fingerprint density at radius 3 is 2.95 bits per heavy atom. The summed E-state index contributed by atoms with van der Waals surface area (Å²) in [7, 11) is 3.79. The molecule has 0 aliphatic carbocycles. The number of hydrogen-bond donors (Lipinski definition) is 1. The van der Waals surface area contributed by atoms with Crippen molar-refractivity contribution in [1.82, 2.24) is 34.5 Å². The second-order valence-electron chi connectivity index (χ2n) is 4.26. The molecule has 0 saturated heterocycles. The first-order valence-corrected chi connectivity index (χ1v) is 5.95. The highest BCUT2D eigenvalue weighted by Crippen LogP contribution is 2.17. The van der Waals surface area contributed by atoms with Crippen LogP contribution in [-0.4, -0.2) is 41.1 Å². The van der Waals surface area contributed by atoms with E-state index in [1.54, 1.807) is 17.2 Å². The van der Waals surface area contributed by atoms with Gasteiger partial charge in [0.25, 0.3) is 0 Å². The van der Waals surface area contributed by atoms with Crippen molar-refractivity contribution in [1.29, 1.82) is 0 Å². The third kappa shape index (κ3) is 2.12. The van der Waals surface area contributed by atoms with Crippen molar-refractivity contribution < 1.29 is 0 Å². The lowest BCUT2D eigenvalue weighted by Crippen LogP contribution is -2.10. The highest BCUT2D eigenvalue weighted by atomic mass is 15.3. The highest BCUT2D eigenvalue weighted by Gasteiger charge is 2.07. The van der Waals surface area contributed by atoms with Gasteiger partial charge < -0.3 is 9.88 Å². The van der Waals surface area contributed by atoms with Gasteiger partial charge in [0.2, 0.25) is 0 Å². The van der Waals surface area contributed by atoms with Gasteiger partial charge in [0, 0.05) is 27.1 Å². The topological polar surface area (TPSA) is 86.3 Å². The molecule has 0 bridgehead atoms. The van der Waals surface area contributed by atoms with Crippen molar-refractivity contribution in [3.05, 3.63) is 24.7 Å². The van der Waals surface area contributed by atoms with Crippen molar-refractivity contribution >= 4 is 16.9 Å². The molecule has 0 unspecified atom stereocenters. The molecule has 0 atom stereocenters. The Kier molecular flexibility index (Phi) is 2.82. The fourth-order valence-corrected chi connectivity index (χ4v) is 1.93. The van der Waals surface area contributed by atoms with Crippen LogP contribution in [0.15, 0.2) is 18.9 Å². The lowest BCUT2D eigenvalue weighted by molar-refractivity contribution is 0.784. The summed E-state index contributed by atoms with van der Waals surface area (Å²) >= 11 is 0. The highest BCUT2D eigenvalue weighted by molar-refractivity contribution is 5.85. The van der Waals surface area contributed by atoms with E-state index in [4.69, 9.17) is 0 Å². The third-order valence-corrected chi connectivity index (χ3v) is 2.98. The Labute approximate surface area is 109 Å². The molecule has 98 valence electrons. The minimum Gasteiger partial charge on any atom is -0.369 e. The second-order valence-corrected chi connectivity index (χ2v) is 4.26. The Morgan fingerprint density at radius 2 is 2.16 bits per heavy atom. The quantitative estimate of drug-likeness (QED) is 0.716. The molecule has 8 heteroatoms. The minimum atomic E-state index is 0.730. The minimum absolute atomic E-state index is 0.730. The van der Waals surface area contributed by atoms with E-state index in [1.165, 1.54) is 6.33 Å². The molecule has 0 saturated carbocycles. The SMILES string of the molecule is Cn1cnnc1CCNc1ncnc2c1cnn2C. The molecule has 0 amide bonds. The summed E-state index contributed by atoms with van der Waals surface area (Å²) in [4.78, 5) is 8.44. The van der Waals surface area contributed by atoms with Crippen molar-refractivity contribution in [2.45, 2.75) is 6.42 Å². The summed E-state index contributed by atoms with van der Waals surface area (Å²) in [6.07, 6.45) is 5.77. The third-order valence-electron chi connectivity index (χ3n) is 2.98. The van der Waals surface area contributed by atoms with Gasteiger partial charge in [0.15, 0.2) is 5.65 Å². The van der Waals surface area contributed by atoms with Crippen LogP contribution in [0.5, 0.6) is 0 Å². The van der Waals surface area contributed by atoms with Crippen molar-refractivity contribution in [2.24, 2.45) is 14.1 Å². The molecule has 8 nitrogen and oxygen atoms in total. The summed E-state index contributed by atoms with van der Waals surface area (Å²) in [5, 5.41) is 16.3. The molecule has 0 radical (unpaired) electrons. The van der Waals surface area contributed by atoms with E-state index in [9.17, 15) is 0 Å². The molecule has 0 aliphatic heterocycles. The molecular formula is C11H14N8. The van der Waals surface area contributed by atoms with E-state index in [1.807, 2.05) is 18.7 Å². The fourth-order valence-electron chi connectivity index (χ4n) is 1.93. The molecule has 3 aromatic rings. The van der Waals surface area contributed by atoms with Gasteiger partial charge in [-0.3, -0.25) is 4.68 Å². The van der Waals surface area contributed by atoms with E-state index in [0.29, 0.717) is 0 Å². The summed E-state index contributed by atoms with van der Waals surface area (Å²) in [6.45, 7) is 0.730. The van der Waals surface area contributed by atoms with Crippen molar-refractivity contribution in [2.75, 3.05) is 11.9 Å². The van der Waals surface area contributed by atoms with Crippen LogP contribution in [-0.2, 0) is 20.5 Å². The van der Waals surface area contributed by atoms with E-state index in [0.717, 1.165) is 35.6 Å². The van der Waals surface area contributed by atoms with E-state index < -0.39 is 0 Å². The average Bonchev–Trinajstić information content (AvgIpc) is 2.98. The standard InChI is InChI=1S/C11H14N8/c1-18-7-15-17-9(18)3-4-12-10-8-5-16-19(2)11(8)14-6-13-10/h5-7H,3-4H2,1-2H3,(H,12,13,14). The lowest BCUT2D eigenvalue weighted by atomic mass is 10.3. The van der Waals surface area contributed by atoms with E-state index in [2.05, 4.69) is 30.6 Å². The van der Waals surface area contributed by atoms with Crippen molar-refractivity contribution in [3.8, 4) is 0 Å². The maximum Gasteiger partial charge on any atom is 0.163 e. The predicted molar refractivity (Wildman–Crippen MR) is 69.5 cm³/mol. The fraction of sp³-hybridized carbons (Fsp3) is 0.364. The number of aryl methyl sites for hydroxylation is 2. The zero-order chi connectivity index (χ0) is 13.2. The van der Waals surface area contributed by atoms with Gasteiger partial charge in [0.1, 0.15) is 24.3 Å². The Bertz CT molecular complexity index is 698. The van der Waals surface area contributed by atoms with Gasteiger partial charge in [-0.1, -0.05) is 0 Å². The molecule has 19 heavy (non-hydrogen) atoms. The predicted octanol–water partition coefficient (Wildman–Crippen LogP) is 0.146. The van der Waals surface area contributed by atoms with Crippen LogP contribution in [0.2, 0.25) is 0 Å². The maximum atomic E-state index is 4.24. The smallest absolute Gasteiger partial charge is 0.163 e. The Balaban J connectivity index is 1.74. The molecule has 0 spiro atoms. The normalized spacial score (nSPS) is 11.1. The van der Waals surface area contributed by atoms with Gasteiger partial charge in [-0.05, 0) is 0 Å². The van der Waals surface area contributed by atoms with Gasteiger partial charge in [0.05, 0.1) is 11.6 Å². The summed E-state index contributed by atoms with van der Waals surface area (Å²) < 4.78 is 3.63.